The first-order valence-corrected chi connectivity index (χ1v) is 9.65. The van der Waals surface area contributed by atoms with Crippen molar-refractivity contribution in [3.8, 4) is 5.69 Å². The molecule has 4 rings (SSSR count). The number of aromatic nitrogens is 3. The zero-order valence-corrected chi connectivity index (χ0v) is 16.4. The number of aryl methyl sites for hydroxylation is 2. The Labute approximate surface area is 160 Å². The highest BCUT2D eigenvalue weighted by atomic mass is 16.2. The van der Waals surface area contributed by atoms with Crippen LogP contribution in [0.1, 0.15) is 42.0 Å². The molecule has 0 unspecified atom stereocenters. The smallest absolute Gasteiger partial charge is 0.254 e. The fourth-order valence-corrected chi connectivity index (χ4v) is 4.33. The van der Waals surface area contributed by atoms with Crippen molar-refractivity contribution in [3.63, 3.8) is 0 Å². The van der Waals surface area contributed by atoms with Crippen molar-refractivity contribution in [1.82, 2.24) is 19.7 Å². The van der Waals surface area contributed by atoms with Crippen LogP contribution in [-0.2, 0) is 0 Å². The van der Waals surface area contributed by atoms with Gasteiger partial charge in [0.05, 0.1) is 22.3 Å². The van der Waals surface area contributed by atoms with E-state index in [1.807, 2.05) is 59.8 Å². The second-order valence-electron chi connectivity index (χ2n) is 8.00. The van der Waals surface area contributed by atoms with Crippen LogP contribution in [0.5, 0.6) is 0 Å². The number of carbonyl (C=O) groups excluding carboxylic acids is 1. The second-order valence-corrected chi connectivity index (χ2v) is 8.00. The Balaban J connectivity index is 1.84. The van der Waals surface area contributed by atoms with Gasteiger partial charge in [0, 0.05) is 18.8 Å². The number of hydrogen-bond donors (Lipinski definition) is 0. The molecule has 0 saturated carbocycles. The topological polar surface area (TPSA) is 51.0 Å². The Bertz CT molecular complexity index is 982. The molecular formula is C22H26N4O. The lowest BCUT2D eigenvalue weighted by atomic mass is 9.91. The average molecular weight is 362 g/mol. The number of benzene rings is 1. The summed E-state index contributed by atoms with van der Waals surface area (Å²) in [7, 11) is 0. The maximum absolute atomic E-state index is 13.4. The van der Waals surface area contributed by atoms with Crippen molar-refractivity contribution in [3.05, 3.63) is 53.3 Å². The van der Waals surface area contributed by atoms with Crippen molar-refractivity contribution in [1.29, 1.82) is 0 Å². The highest BCUT2D eigenvalue weighted by Crippen LogP contribution is 2.28. The standard InChI is InChI=1S/C22H26N4O/c1-14-10-15(2)13-25(12-14)22(27)19-11-16(3)23-21-20(19)17(4)24-26(21)18-8-6-5-7-9-18/h5-9,11,14-15H,10,12-13H2,1-4H3/t14-,15-/m0/s1. The maximum atomic E-state index is 13.4. The number of para-hydroxylation sites is 1. The molecule has 0 spiro atoms. The summed E-state index contributed by atoms with van der Waals surface area (Å²) < 4.78 is 1.84. The van der Waals surface area contributed by atoms with E-state index in [9.17, 15) is 4.79 Å². The molecular weight excluding hydrogens is 336 g/mol. The Morgan fingerprint density at radius 3 is 2.41 bits per heavy atom. The van der Waals surface area contributed by atoms with Gasteiger partial charge in [0.2, 0.25) is 0 Å². The van der Waals surface area contributed by atoms with E-state index in [1.54, 1.807) is 0 Å². The first kappa shape index (κ1) is 17.7. The van der Waals surface area contributed by atoms with E-state index < -0.39 is 0 Å². The summed E-state index contributed by atoms with van der Waals surface area (Å²) in [6, 6.07) is 11.9. The molecule has 5 heteroatoms. The number of amides is 1. The third kappa shape index (κ3) is 3.22. The number of carbonyl (C=O) groups is 1. The van der Waals surface area contributed by atoms with Crippen molar-refractivity contribution in [2.45, 2.75) is 34.1 Å². The molecule has 1 aliphatic heterocycles. The minimum absolute atomic E-state index is 0.0969. The largest absolute Gasteiger partial charge is 0.338 e. The van der Waals surface area contributed by atoms with Crippen LogP contribution < -0.4 is 0 Å². The summed E-state index contributed by atoms with van der Waals surface area (Å²) >= 11 is 0. The molecule has 1 amide bonds. The van der Waals surface area contributed by atoms with E-state index in [-0.39, 0.29) is 5.91 Å². The molecule has 0 aliphatic carbocycles. The summed E-state index contributed by atoms with van der Waals surface area (Å²) in [5.74, 6) is 1.16. The minimum atomic E-state index is 0.0969. The second kappa shape index (κ2) is 6.80. The Hall–Kier alpha value is -2.69. The minimum Gasteiger partial charge on any atom is -0.338 e. The molecule has 1 aromatic carbocycles. The van der Waals surface area contributed by atoms with Gasteiger partial charge in [-0.2, -0.15) is 5.10 Å². The Morgan fingerprint density at radius 2 is 1.74 bits per heavy atom. The van der Waals surface area contributed by atoms with Crippen LogP contribution in [0.3, 0.4) is 0 Å². The average Bonchev–Trinajstić information content (AvgIpc) is 2.97. The molecule has 0 N–H and O–H groups in total. The predicted octanol–water partition coefficient (Wildman–Crippen LogP) is 4.16. The maximum Gasteiger partial charge on any atom is 0.254 e. The van der Waals surface area contributed by atoms with E-state index in [0.717, 1.165) is 46.8 Å². The first-order valence-electron chi connectivity index (χ1n) is 9.65. The number of piperidine rings is 1. The number of rotatable bonds is 2. The lowest BCUT2D eigenvalue weighted by molar-refractivity contribution is 0.0625. The van der Waals surface area contributed by atoms with Crippen LogP contribution in [0.2, 0.25) is 0 Å². The van der Waals surface area contributed by atoms with Crippen molar-refractivity contribution in [2.24, 2.45) is 11.8 Å². The lowest BCUT2D eigenvalue weighted by Crippen LogP contribution is -2.42. The number of hydrogen-bond acceptors (Lipinski definition) is 3. The van der Waals surface area contributed by atoms with Gasteiger partial charge in [-0.25, -0.2) is 9.67 Å². The quantitative estimate of drug-likeness (QED) is 0.688. The van der Waals surface area contributed by atoms with Crippen LogP contribution in [0.4, 0.5) is 0 Å². The fraction of sp³-hybridized carbons (Fsp3) is 0.409. The highest BCUT2D eigenvalue weighted by Gasteiger charge is 2.28. The summed E-state index contributed by atoms with van der Waals surface area (Å²) in [6.45, 7) is 9.98. The SMILES string of the molecule is Cc1cc(C(=O)N2C[C@@H](C)C[C@H](C)C2)c2c(C)nn(-c3ccccc3)c2n1. The van der Waals surface area contributed by atoms with Gasteiger partial charge in [-0.15, -0.1) is 0 Å². The van der Waals surface area contributed by atoms with E-state index in [0.29, 0.717) is 11.8 Å². The molecule has 3 heterocycles. The summed E-state index contributed by atoms with van der Waals surface area (Å²) in [5, 5.41) is 5.56. The predicted molar refractivity (Wildman–Crippen MR) is 107 cm³/mol. The molecule has 1 saturated heterocycles. The van der Waals surface area contributed by atoms with Crippen LogP contribution in [0.15, 0.2) is 36.4 Å². The van der Waals surface area contributed by atoms with Crippen LogP contribution >= 0.6 is 0 Å². The van der Waals surface area contributed by atoms with Crippen molar-refractivity contribution < 1.29 is 4.79 Å². The molecule has 0 bridgehead atoms. The Morgan fingerprint density at radius 1 is 1.07 bits per heavy atom. The van der Waals surface area contributed by atoms with Gasteiger partial charge in [0.25, 0.3) is 5.91 Å². The van der Waals surface area contributed by atoms with E-state index in [4.69, 9.17) is 10.1 Å². The first-order chi connectivity index (χ1) is 12.9. The van der Waals surface area contributed by atoms with Gasteiger partial charge >= 0.3 is 0 Å². The molecule has 3 aromatic rings. The Kier molecular flexibility index (Phi) is 4.46. The molecule has 5 nitrogen and oxygen atoms in total. The van der Waals surface area contributed by atoms with Crippen molar-refractivity contribution >= 4 is 16.9 Å². The lowest BCUT2D eigenvalue weighted by Gasteiger charge is -2.35. The van der Waals surface area contributed by atoms with Crippen molar-refractivity contribution in [2.75, 3.05) is 13.1 Å². The van der Waals surface area contributed by atoms with Gasteiger partial charge in [0.1, 0.15) is 0 Å². The molecule has 1 aliphatic rings. The highest BCUT2D eigenvalue weighted by molar-refractivity contribution is 6.06. The third-order valence-electron chi connectivity index (χ3n) is 5.33. The van der Waals surface area contributed by atoms with E-state index in [2.05, 4.69) is 13.8 Å². The number of nitrogens with zero attached hydrogens (tertiary/aromatic N) is 4. The van der Waals surface area contributed by atoms with Crippen LogP contribution in [0, 0.1) is 25.7 Å². The summed E-state index contributed by atoms with van der Waals surface area (Å²) in [6.07, 6.45) is 1.18. The molecule has 2 atom stereocenters. The summed E-state index contributed by atoms with van der Waals surface area (Å²) in [5.41, 5.74) is 4.09. The summed E-state index contributed by atoms with van der Waals surface area (Å²) in [4.78, 5) is 20.1. The van der Waals surface area contributed by atoms with Gasteiger partial charge < -0.3 is 4.90 Å². The molecule has 140 valence electrons. The number of fused-ring (bicyclic) bond motifs is 1. The van der Waals surface area contributed by atoms with E-state index >= 15 is 0 Å². The molecule has 27 heavy (non-hydrogen) atoms. The van der Waals surface area contributed by atoms with Gasteiger partial charge in [-0.3, -0.25) is 4.79 Å². The van der Waals surface area contributed by atoms with E-state index in [1.165, 1.54) is 6.42 Å². The zero-order chi connectivity index (χ0) is 19.1. The zero-order valence-electron chi connectivity index (χ0n) is 16.4. The van der Waals surface area contributed by atoms with Crippen LogP contribution in [0.25, 0.3) is 16.7 Å². The van der Waals surface area contributed by atoms with Crippen LogP contribution in [-0.4, -0.2) is 38.7 Å². The normalized spacial score (nSPS) is 20.2. The fourth-order valence-electron chi connectivity index (χ4n) is 4.33. The van der Waals surface area contributed by atoms with Gasteiger partial charge in [-0.05, 0) is 50.3 Å². The molecule has 1 fully saturated rings. The monoisotopic (exact) mass is 362 g/mol. The van der Waals surface area contributed by atoms with Gasteiger partial charge in [-0.1, -0.05) is 32.0 Å². The number of pyridine rings is 1. The van der Waals surface area contributed by atoms with Gasteiger partial charge in [0.15, 0.2) is 5.65 Å². The molecule has 2 aromatic heterocycles. The molecule has 0 radical (unpaired) electrons. The third-order valence-corrected chi connectivity index (χ3v) is 5.33. The number of likely N-dealkylation sites (tertiary alicyclic amines) is 1.